The van der Waals surface area contributed by atoms with Crippen molar-refractivity contribution >= 4 is 52.4 Å². The van der Waals surface area contributed by atoms with Crippen LogP contribution >= 0.6 is 23.2 Å². The molecule has 2 fully saturated rings. The van der Waals surface area contributed by atoms with E-state index < -0.39 is 35.8 Å². The van der Waals surface area contributed by atoms with Crippen LogP contribution in [-0.4, -0.2) is 31.0 Å². The van der Waals surface area contributed by atoms with E-state index in [1.807, 2.05) is 30.3 Å². The summed E-state index contributed by atoms with van der Waals surface area (Å²) in [6.45, 7) is 0. The summed E-state index contributed by atoms with van der Waals surface area (Å²) in [5, 5.41) is 2.14. The molecule has 0 saturated carbocycles. The number of benzene rings is 3. The van der Waals surface area contributed by atoms with E-state index in [9.17, 15) is 14.4 Å². The number of methoxy groups -OCH3 is 1. The molecule has 3 aromatic rings. The number of hydroxylamine groups is 1. The standard InChI is InChI=1S/C25H18Cl2N2O5/c1-33-25(32)15-9-7-14(8-10-15)21-20-22(34-29(21)16-5-3-2-4-6-16)24(31)28(23(20)30)17-11-12-18(26)19(27)13-17/h2-13,20-22H,1H3/t20-,21+,22+/m0/s1. The van der Waals surface area contributed by atoms with Crippen LogP contribution in [0.5, 0.6) is 0 Å². The lowest BCUT2D eigenvalue weighted by Gasteiger charge is -2.29. The van der Waals surface area contributed by atoms with Crippen molar-refractivity contribution < 1.29 is 24.0 Å². The third-order valence-electron chi connectivity index (χ3n) is 5.96. The van der Waals surface area contributed by atoms with Crippen LogP contribution in [0.15, 0.2) is 72.8 Å². The number of fused-ring (bicyclic) bond motifs is 1. The van der Waals surface area contributed by atoms with E-state index in [0.717, 1.165) is 4.90 Å². The molecule has 0 unspecified atom stereocenters. The number of esters is 1. The van der Waals surface area contributed by atoms with Gasteiger partial charge in [0.15, 0.2) is 6.10 Å². The maximum absolute atomic E-state index is 13.6. The van der Waals surface area contributed by atoms with E-state index in [1.54, 1.807) is 35.4 Å². The van der Waals surface area contributed by atoms with Gasteiger partial charge in [0.05, 0.1) is 40.1 Å². The van der Waals surface area contributed by atoms with Crippen molar-refractivity contribution in [3.63, 3.8) is 0 Å². The predicted octanol–water partition coefficient (Wildman–Crippen LogP) is 4.83. The molecule has 9 heteroatoms. The van der Waals surface area contributed by atoms with E-state index in [2.05, 4.69) is 0 Å². The molecule has 0 radical (unpaired) electrons. The van der Waals surface area contributed by atoms with Crippen LogP contribution in [0.25, 0.3) is 0 Å². The van der Waals surface area contributed by atoms with Gasteiger partial charge in [-0.2, -0.15) is 0 Å². The molecule has 2 amide bonds. The van der Waals surface area contributed by atoms with Crippen LogP contribution in [0.2, 0.25) is 10.0 Å². The molecule has 2 heterocycles. The monoisotopic (exact) mass is 496 g/mol. The molecule has 0 N–H and O–H groups in total. The number of carbonyl (C=O) groups is 3. The van der Waals surface area contributed by atoms with Gasteiger partial charge in [0, 0.05) is 0 Å². The summed E-state index contributed by atoms with van der Waals surface area (Å²) in [4.78, 5) is 46.0. The van der Waals surface area contributed by atoms with Crippen LogP contribution < -0.4 is 9.96 Å². The Kier molecular flexibility index (Phi) is 5.77. The van der Waals surface area contributed by atoms with Gasteiger partial charge in [0.2, 0.25) is 5.91 Å². The Balaban J connectivity index is 1.56. The van der Waals surface area contributed by atoms with Crippen molar-refractivity contribution in [3.8, 4) is 0 Å². The number of halogens is 2. The second-order valence-corrected chi connectivity index (χ2v) is 8.70. The van der Waals surface area contributed by atoms with Gasteiger partial charge in [-0.15, -0.1) is 0 Å². The lowest BCUT2D eigenvalue weighted by molar-refractivity contribution is -0.126. The van der Waals surface area contributed by atoms with Gasteiger partial charge in [0.1, 0.15) is 5.92 Å². The zero-order chi connectivity index (χ0) is 24.0. The number of rotatable bonds is 4. The van der Waals surface area contributed by atoms with E-state index >= 15 is 0 Å². The van der Waals surface area contributed by atoms with Crippen LogP contribution in [0.3, 0.4) is 0 Å². The van der Waals surface area contributed by atoms with Crippen molar-refractivity contribution in [1.82, 2.24) is 0 Å². The fourth-order valence-electron chi connectivity index (χ4n) is 4.37. The minimum Gasteiger partial charge on any atom is -0.465 e. The van der Waals surface area contributed by atoms with Crippen molar-refractivity contribution in [1.29, 1.82) is 0 Å². The SMILES string of the molecule is COC(=O)c1ccc([C@@H]2[C@@H]3C(=O)N(c4ccc(Cl)c(Cl)c4)C(=O)[C@@H]3ON2c2ccccc2)cc1. The van der Waals surface area contributed by atoms with Crippen LogP contribution in [0.1, 0.15) is 22.0 Å². The maximum Gasteiger partial charge on any atom is 0.337 e. The minimum absolute atomic E-state index is 0.235. The second kappa shape index (κ2) is 8.76. The van der Waals surface area contributed by atoms with Crippen molar-refractivity contribution in [2.45, 2.75) is 12.1 Å². The topological polar surface area (TPSA) is 76.2 Å². The van der Waals surface area contributed by atoms with Gasteiger partial charge in [-0.1, -0.05) is 53.5 Å². The second-order valence-electron chi connectivity index (χ2n) is 7.88. The summed E-state index contributed by atoms with van der Waals surface area (Å²) >= 11 is 12.1. The first-order chi connectivity index (χ1) is 16.4. The van der Waals surface area contributed by atoms with Gasteiger partial charge >= 0.3 is 5.97 Å². The number of carbonyl (C=O) groups excluding carboxylic acids is 3. The van der Waals surface area contributed by atoms with E-state index in [-0.39, 0.29) is 5.02 Å². The average Bonchev–Trinajstić information content (AvgIpc) is 3.37. The highest BCUT2D eigenvalue weighted by molar-refractivity contribution is 6.42. The molecule has 2 saturated heterocycles. The number of hydrogen-bond donors (Lipinski definition) is 0. The number of hydrogen-bond acceptors (Lipinski definition) is 6. The zero-order valence-corrected chi connectivity index (χ0v) is 19.4. The molecule has 0 aromatic heterocycles. The molecule has 0 aliphatic carbocycles. The Morgan fingerprint density at radius 1 is 0.882 bits per heavy atom. The molecule has 34 heavy (non-hydrogen) atoms. The Hall–Kier alpha value is -3.39. The van der Waals surface area contributed by atoms with Gasteiger partial charge < -0.3 is 4.74 Å². The molecule has 5 rings (SSSR count). The first-order valence-corrected chi connectivity index (χ1v) is 11.2. The quantitative estimate of drug-likeness (QED) is 0.380. The van der Waals surface area contributed by atoms with Crippen LogP contribution in [0, 0.1) is 5.92 Å². The zero-order valence-electron chi connectivity index (χ0n) is 17.9. The predicted molar refractivity (Wildman–Crippen MR) is 127 cm³/mol. The van der Waals surface area contributed by atoms with Gasteiger partial charge in [-0.3, -0.25) is 14.4 Å². The highest BCUT2D eigenvalue weighted by atomic mass is 35.5. The molecule has 0 bridgehead atoms. The summed E-state index contributed by atoms with van der Waals surface area (Å²) in [6, 6.07) is 19.9. The Labute approximate surface area is 205 Å². The summed E-state index contributed by atoms with van der Waals surface area (Å²) < 4.78 is 4.77. The lowest BCUT2D eigenvalue weighted by Crippen LogP contribution is -2.37. The van der Waals surface area contributed by atoms with Crippen molar-refractivity contribution in [2.24, 2.45) is 5.92 Å². The number of anilines is 2. The highest BCUT2D eigenvalue weighted by Crippen LogP contribution is 2.47. The molecule has 7 nitrogen and oxygen atoms in total. The molecular formula is C25H18Cl2N2O5. The maximum atomic E-state index is 13.6. The normalized spacial score (nSPS) is 21.7. The van der Waals surface area contributed by atoms with Gasteiger partial charge in [0.25, 0.3) is 5.91 Å². The number of para-hydroxylation sites is 1. The third kappa shape index (κ3) is 3.62. The third-order valence-corrected chi connectivity index (χ3v) is 6.70. The van der Waals surface area contributed by atoms with Crippen LogP contribution in [-0.2, 0) is 19.2 Å². The van der Waals surface area contributed by atoms with E-state index in [0.29, 0.717) is 27.5 Å². The Bertz CT molecular complexity index is 1280. The van der Waals surface area contributed by atoms with Crippen molar-refractivity contribution in [3.05, 3.63) is 94.0 Å². The molecule has 2 aliphatic rings. The molecule has 3 atom stereocenters. The Morgan fingerprint density at radius 2 is 1.59 bits per heavy atom. The van der Waals surface area contributed by atoms with Gasteiger partial charge in [-0.05, 0) is 48.0 Å². The van der Waals surface area contributed by atoms with E-state index in [4.69, 9.17) is 32.8 Å². The number of amides is 2. The first-order valence-electron chi connectivity index (χ1n) is 10.4. The smallest absolute Gasteiger partial charge is 0.337 e. The summed E-state index contributed by atoms with van der Waals surface area (Å²) in [5.41, 5.74) is 2.11. The Morgan fingerprint density at radius 3 is 2.24 bits per heavy atom. The fraction of sp³-hybridized carbons (Fsp3) is 0.160. The average molecular weight is 497 g/mol. The molecular weight excluding hydrogens is 479 g/mol. The lowest BCUT2D eigenvalue weighted by atomic mass is 9.90. The largest absolute Gasteiger partial charge is 0.465 e. The summed E-state index contributed by atoms with van der Waals surface area (Å²) in [5.74, 6) is -2.17. The summed E-state index contributed by atoms with van der Waals surface area (Å²) in [7, 11) is 1.31. The molecule has 3 aromatic carbocycles. The summed E-state index contributed by atoms with van der Waals surface area (Å²) in [6.07, 6.45) is -1.02. The first kappa shape index (κ1) is 22.4. The fourth-order valence-corrected chi connectivity index (χ4v) is 4.66. The molecule has 0 spiro atoms. The molecule has 2 aliphatic heterocycles. The minimum atomic E-state index is -1.02. The highest BCUT2D eigenvalue weighted by Gasteiger charge is 2.60. The molecule has 172 valence electrons. The van der Waals surface area contributed by atoms with Crippen LogP contribution in [0.4, 0.5) is 11.4 Å². The number of ether oxygens (including phenoxy) is 1. The van der Waals surface area contributed by atoms with E-state index in [1.165, 1.54) is 19.2 Å². The number of imide groups is 1. The number of nitrogens with zero attached hydrogens (tertiary/aromatic N) is 2. The van der Waals surface area contributed by atoms with Crippen molar-refractivity contribution in [2.75, 3.05) is 17.1 Å². The van der Waals surface area contributed by atoms with Gasteiger partial charge in [-0.25, -0.2) is 14.8 Å².